The fourth-order valence-electron chi connectivity index (χ4n) is 4.41. The maximum absolute atomic E-state index is 14.0. The van der Waals surface area contributed by atoms with Crippen LogP contribution in [0.4, 0.5) is 10.3 Å². The number of fused-ring (bicyclic) bond motifs is 1. The molecule has 2 aromatic carbocycles. The van der Waals surface area contributed by atoms with Gasteiger partial charge in [-0.2, -0.15) is 4.99 Å². The van der Waals surface area contributed by atoms with Crippen molar-refractivity contribution in [3.8, 4) is 17.0 Å². The zero-order valence-corrected chi connectivity index (χ0v) is 24.0. The number of methoxy groups -OCH3 is 1. The monoisotopic (exact) mass is 597 g/mol. The summed E-state index contributed by atoms with van der Waals surface area (Å²) in [5.41, 5.74) is 4.21. The SMILES string of the molecule is COc1cc(F)cc([C@@H](CO)NC(=O)[C@@H](C)N2Cc3ccc(-c4nc(N=C(C)N=C(C)NO)ncc4Cl)cc3C2=O)c1. The summed E-state index contributed by atoms with van der Waals surface area (Å²) in [5.74, 6) is -0.633. The number of aliphatic hydroxyl groups excluding tert-OH is 1. The Morgan fingerprint density at radius 1 is 1.26 bits per heavy atom. The Balaban J connectivity index is 1.54. The number of hydroxylamine groups is 1. The first-order valence-electron chi connectivity index (χ1n) is 12.8. The van der Waals surface area contributed by atoms with Crippen LogP contribution in [0.1, 0.15) is 48.3 Å². The lowest BCUT2D eigenvalue weighted by molar-refractivity contribution is -0.126. The van der Waals surface area contributed by atoms with Crippen LogP contribution in [0.5, 0.6) is 5.75 Å². The number of benzene rings is 2. The van der Waals surface area contributed by atoms with Gasteiger partial charge in [-0.05, 0) is 50.1 Å². The number of carbonyl (C=O) groups excluding carboxylic acids is 2. The summed E-state index contributed by atoms with van der Waals surface area (Å²) >= 11 is 6.38. The summed E-state index contributed by atoms with van der Waals surface area (Å²) in [6.45, 7) is 4.43. The molecule has 14 heteroatoms. The number of aliphatic imine (C=N–C) groups is 2. The number of rotatable bonds is 8. The van der Waals surface area contributed by atoms with E-state index in [1.807, 2.05) is 5.48 Å². The average molecular weight is 598 g/mol. The van der Waals surface area contributed by atoms with Gasteiger partial charge in [0.15, 0.2) is 0 Å². The molecular formula is C28H29ClFN7O5. The first-order valence-corrected chi connectivity index (χ1v) is 13.2. The Hall–Kier alpha value is -4.46. The molecule has 220 valence electrons. The largest absolute Gasteiger partial charge is 0.497 e. The van der Waals surface area contributed by atoms with E-state index in [2.05, 4.69) is 25.3 Å². The molecule has 0 unspecified atom stereocenters. The van der Waals surface area contributed by atoms with Crippen molar-refractivity contribution in [2.75, 3.05) is 13.7 Å². The Kier molecular flexibility index (Phi) is 9.45. The summed E-state index contributed by atoms with van der Waals surface area (Å²) in [6.07, 6.45) is 1.39. The molecular weight excluding hydrogens is 569 g/mol. The van der Waals surface area contributed by atoms with Crippen LogP contribution >= 0.6 is 11.6 Å². The van der Waals surface area contributed by atoms with Gasteiger partial charge in [0.1, 0.15) is 29.3 Å². The molecule has 0 saturated heterocycles. The predicted molar refractivity (Wildman–Crippen MR) is 154 cm³/mol. The minimum Gasteiger partial charge on any atom is -0.497 e. The molecule has 12 nitrogen and oxygen atoms in total. The van der Waals surface area contributed by atoms with Crippen LogP contribution in [0.15, 0.2) is 52.6 Å². The number of ether oxygens (including phenoxy) is 1. The Bertz CT molecular complexity index is 1580. The third kappa shape index (κ3) is 6.70. The summed E-state index contributed by atoms with van der Waals surface area (Å²) in [5, 5.41) is 21.7. The van der Waals surface area contributed by atoms with Crippen molar-refractivity contribution in [3.05, 3.63) is 70.1 Å². The quantitative estimate of drug-likeness (QED) is 0.174. The molecule has 2 amide bonds. The van der Waals surface area contributed by atoms with E-state index in [9.17, 15) is 19.1 Å². The molecule has 4 rings (SSSR count). The van der Waals surface area contributed by atoms with Crippen LogP contribution in [-0.4, -0.2) is 68.4 Å². The molecule has 0 saturated carbocycles. The zero-order chi connectivity index (χ0) is 30.6. The van der Waals surface area contributed by atoms with Gasteiger partial charge in [0.05, 0.1) is 36.7 Å². The van der Waals surface area contributed by atoms with Gasteiger partial charge in [-0.15, -0.1) is 0 Å². The molecule has 42 heavy (non-hydrogen) atoms. The van der Waals surface area contributed by atoms with Crippen LogP contribution in [0.25, 0.3) is 11.3 Å². The molecule has 0 aliphatic carbocycles. The van der Waals surface area contributed by atoms with Crippen LogP contribution in [-0.2, 0) is 11.3 Å². The second-order valence-electron chi connectivity index (χ2n) is 9.48. The minimum atomic E-state index is -0.911. The first kappa shape index (κ1) is 30.5. The Labute approximate surface area is 245 Å². The number of nitrogens with zero attached hydrogens (tertiary/aromatic N) is 5. The number of amides is 2. The van der Waals surface area contributed by atoms with Crippen LogP contribution < -0.4 is 15.5 Å². The Morgan fingerprint density at radius 3 is 2.71 bits per heavy atom. The zero-order valence-electron chi connectivity index (χ0n) is 23.2. The number of carbonyl (C=O) groups is 2. The third-order valence-electron chi connectivity index (χ3n) is 6.58. The van der Waals surface area contributed by atoms with Crippen molar-refractivity contribution >= 4 is 41.0 Å². The van der Waals surface area contributed by atoms with Crippen molar-refractivity contribution in [1.82, 2.24) is 25.7 Å². The van der Waals surface area contributed by atoms with Gasteiger partial charge in [-0.25, -0.2) is 19.4 Å². The number of halogens is 2. The lowest BCUT2D eigenvalue weighted by Gasteiger charge is -2.26. The van der Waals surface area contributed by atoms with Crippen molar-refractivity contribution in [1.29, 1.82) is 0 Å². The number of aromatic nitrogens is 2. The number of aliphatic hydroxyl groups is 1. The van der Waals surface area contributed by atoms with Crippen LogP contribution in [0, 0.1) is 5.82 Å². The molecule has 0 radical (unpaired) electrons. The first-order chi connectivity index (χ1) is 20.0. The van der Waals surface area contributed by atoms with Crippen molar-refractivity contribution in [2.24, 2.45) is 9.98 Å². The van der Waals surface area contributed by atoms with E-state index in [-0.39, 0.29) is 40.8 Å². The smallest absolute Gasteiger partial charge is 0.255 e. The number of amidine groups is 2. The summed E-state index contributed by atoms with van der Waals surface area (Å²) in [6, 6.07) is 7.25. The molecule has 0 fully saturated rings. The number of hydrogen-bond donors (Lipinski definition) is 4. The van der Waals surface area contributed by atoms with Gasteiger partial charge in [0, 0.05) is 23.7 Å². The number of nitrogens with one attached hydrogen (secondary N) is 2. The molecule has 1 aliphatic heterocycles. The Morgan fingerprint density at radius 2 is 2.02 bits per heavy atom. The second kappa shape index (κ2) is 13.0. The predicted octanol–water partition coefficient (Wildman–Crippen LogP) is 3.59. The summed E-state index contributed by atoms with van der Waals surface area (Å²) < 4.78 is 19.1. The topological polar surface area (TPSA) is 162 Å². The summed E-state index contributed by atoms with van der Waals surface area (Å²) in [4.78, 5) is 44.7. The average Bonchev–Trinajstić information content (AvgIpc) is 3.31. The van der Waals surface area contributed by atoms with E-state index < -0.39 is 30.4 Å². The van der Waals surface area contributed by atoms with E-state index in [0.717, 1.165) is 0 Å². The fraction of sp³-hybridized carbons (Fsp3) is 0.286. The van der Waals surface area contributed by atoms with Crippen LogP contribution in [0.2, 0.25) is 5.02 Å². The standard InChI is InChI=1S/C28H29ClFN7O5/c1-14(26(39)34-24(13-38)19-7-20(30)10-21(8-19)42-4)37-12-18-6-5-17(9-22(18)27(37)40)25-23(29)11-31-28(35-25)33-15(2)32-16(3)36-41/h5-11,14,24,38,41H,12-13H2,1-4H3,(H,34,39)(H,31,32,33,35,36)/t14-,24-/m1/s1. The number of hydrogen-bond acceptors (Lipinski definition) is 8. The molecule has 0 bridgehead atoms. The molecule has 2 heterocycles. The van der Waals surface area contributed by atoms with Crippen molar-refractivity contribution < 1.29 is 29.0 Å². The molecule has 4 N–H and O–H groups in total. The van der Waals surface area contributed by atoms with Crippen molar-refractivity contribution in [3.63, 3.8) is 0 Å². The molecule has 1 aromatic heterocycles. The fourth-order valence-corrected chi connectivity index (χ4v) is 4.61. The highest BCUT2D eigenvalue weighted by molar-refractivity contribution is 6.33. The highest BCUT2D eigenvalue weighted by Gasteiger charge is 2.35. The van der Waals surface area contributed by atoms with Gasteiger partial charge < -0.3 is 20.1 Å². The van der Waals surface area contributed by atoms with Crippen LogP contribution in [0.3, 0.4) is 0 Å². The van der Waals surface area contributed by atoms with E-state index in [4.69, 9.17) is 21.5 Å². The highest BCUT2D eigenvalue weighted by atomic mass is 35.5. The van der Waals surface area contributed by atoms with E-state index in [1.165, 1.54) is 36.4 Å². The molecule has 1 aliphatic rings. The van der Waals surface area contributed by atoms with Gasteiger partial charge in [0.25, 0.3) is 11.9 Å². The van der Waals surface area contributed by atoms with E-state index in [1.54, 1.807) is 39.0 Å². The minimum absolute atomic E-state index is 0.0782. The maximum atomic E-state index is 14.0. The molecule has 0 spiro atoms. The van der Waals surface area contributed by atoms with E-state index in [0.29, 0.717) is 27.9 Å². The third-order valence-corrected chi connectivity index (χ3v) is 6.85. The van der Waals surface area contributed by atoms with E-state index >= 15 is 0 Å². The van der Waals surface area contributed by atoms with Gasteiger partial charge in [0.2, 0.25) is 5.91 Å². The lowest BCUT2D eigenvalue weighted by Crippen LogP contribution is -2.46. The lowest BCUT2D eigenvalue weighted by atomic mass is 10.0. The van der Waals surface area contributed by atoms with Crippen molar-refractivity contribution in [2.45, 2.75) is 39.4 Å². The highest BCUT2D eigenvalue weighted by Crippen LogP contribution is 2.33. The van der Waals surface area contributed by atoms with Gasteiger partial charge >= 0.3 is 0 Å². The maximum Gasteiger partial charge on any atom is 0.255 e. The second-order valence-corrected chi connectivity index (χ2v) is 9.89. The normalized spacial score (nSPS) is 14.9. The molecule has 2 atom stereocenters. The molecule has 3 aromatic rings. The summed E-state index contributed by atoms with van der Waals surface area (Å²) in [7, 11) is 1.39. The van der Waals surface area contributed by atoms with Gasteiger partial charge in [-0.1, -0.05) is 23.7 Å². The van der Waals surface area contributed by atoms with Gasteiger partial charge in [-0.3, -0.25) is 20.3 Å².